The number of fused-ring (bicyclic) bond motifs is 6. The molecule has 11 nitrogen and oxygen atoms in total. The quantitative estimate of drug-likeness (QED) is 0.153. The molecule has 1 atom stereocenters. The lowest BCUT2D eigenvalue weighted by Crippen LogP contribution is -2.42. The summed E-state index contributed by atoms with van der Waals surface area (Å²) in [5.74, 6) is 3.84. The number of aliphatic hydroxyl groups is 2. The Hall–Kier alpha value is -6.89. The van der Waals surface area contributed by atoms with Crippen molar-refractivity contribution in [1.29, 1.82) is 0 Å². The number of hydrogen-bond acceptors (Lipinski definition) is 8. The average molecular weight is 715 g/mol. The molecule has 0 saturated carbocycles. The molecule has 2 aliphatic rings. The van der Waals surface area contributed by atoms with Gasteiger partial charge in [-0.25, -0.2) is 14.8 Å². The molecule has 8 rings (SSSR count). The van der Waals surface area contributed by atoms with Crippen molar-refractivity contribution in [1.82, 2.24) is 19.1 Å². The van der Waals surface area contributed by atoms with Gasteiger partial charge in [0.05, 0.1) is 85.9 Å². The molecule has 0 aliphatic carbocycles. The van der Waals surface area contributed by atoms with Crippen LogP contribution in [0.5, 0.6) is 0 Å². The molecule has 2 aliphatic heterocycles. The van der Waals surface area contributed by atoms with Gasteiger partial charge in [-0.05, 0) is 36.4 Å². The van der Waals surface area contributed by atoms with Crippen LogP contribution in [0.25, 0.3) is 11.4 Å². The van der Waals surface area contributed by atoms with Crippen LogP contribution >= 0.6 is 0 Å². The number of aliphatic imine (C=N–C) groups is 2. The Morgan fingerprint density at radius 2 is 1.37 bits per heavy atom. The molecule has 1 unspecified atom stereocenters. The van der Waals surface area contributed by atoms with Crippen molar-refractivity contribution < 1.29 is 24.9 Å². The molecular weight excluding hydrogens is 681 g/mol. The molecule has 6 aromatic rings. The number of carboxylic acid groups (broad SMARTS) is 1. The van der Waals surface area contributed by atoms with E-state index in [9.17, 15) is 15.0 Å². The third-order valence-corrected chi connectivity index (χ3v) is 9.11. The number of benzene rings is 4. The van der Waals surface area contributed by atoms with Gasteiger partial charge in [-0.3, -0.25) is 9.98 Å². The van der Waals surface area contributed by atoms with Crippen molar-refractivity contribution in [3.63, 3.8) is 0 Å². The molecule has 4 heterocycles. The number of nitrogens with zero attached hydrogens (tertiary/aromatic N) is 6. The minimum Gasteiger partial charge on any atom is -0.479 e. The summed E-state index contributed by atoms with van der Waals surface area (Å²) in [6.45, 7) is -0.295. The van der Waals surface area contributed by atoms with E-state index in [1.54, 1.807) is 10.6 Å². The maximum atomic E-state index is 12.0. The topological polar surface area (TPSA) is 147 Å². The second-order valence-corrected chi connectivity index (χ2v) is 12.4. The molecule has 3 N–H and O–H groups in total. The standard InChI is InChI=1S/C24H21N3O5.C19H13N3/c1-2-16-8-9-19-18(12-16)21(17-6-4-3-5-7-17)25-13-20-22(26-15-27(19)20)24(31,23(29)30)14-32-11-10-28;1-2-14-8-9-18-17(10-14)19(15-6-4-3-5-7-15)21-12-16-11-20-13-22(16)18/h1,3-9,12,15,28,31H,10-11,13-14H2,(H,29,30);1,3-11,13H,12H2. The third-order valence-electron chi connectivity index (χ3n) is 9.11. The average Bonchev–Trinajstić information content (AvgIpc) is 3.79. The van der Waals surface area contributed by atoms with E-state index in [4.69, 9.17) is 32.7 Å². The number of imidazole rings is 2. The van der Waals surface area contributed by atoms with Crippen LogP contribution in [0, 0.1) is 24.7 Å². The van der Waals surface area contributed by atoms with Crippen molar-refractivity contribution in [2.75, 3.05) is 19.8 Å². The van der Waals surface area contributed by atoms with E-state index >= 15 is 0 Å². The zero-order valence-electron chi connectivity index (χ0n) is 29.0. The van der Waals surface area contributed by atoms with E-state index in [0.717, 1.165) is 44.9 Å². The maximum Gasteiger partial charge on any atom is 0.344 e. The Morgan fingerprint density at radius 3 is 1.93 bits per heavy atom. The number of rotatable bonds is 8. The van der Waals surface area contributed by atoms with Gasteiger partial charge in [0.15, 0.2) is 0 Å². The van der Waals surface area contributed by atoms with Crippen molar-refractivity contribution >= 4 is 17.4 Å². The van der Waals surface area contributed by atoms with Crippen LogP contribution in [0.1, 0.15) is 50.5 Å². The number of terminal acetylenes is 2. The Labute approximate surface area is 311 Å². The predicted octanol–water partition coefficient (Wildman–Crippen LogP) is 4.69. The molecule has 11 heteroatoms. The zero-order valence-corrected chi connectivity index (χ0v) is 29.0. The zero-order chi connectivity index (χ0) is 37.7. The van der Waals surface area contributed by atoms with Gasteiger partial charge in [0.2, 0.25) is 5.60 Å². The Bertz CT molecular complexity index is 2490. The maximum absolute atomic E-state index is 12.0. The molecule has 0 bridgehead atoms. The van der Waals surface area contributed by atoms with E-state index in [1.807, 2.05) is 91.4 Å². The van der Waals surface area contributed by atoms with Gasteiger partial charge in [0.25, 0.3) is 0 Å². The first-order valence-electron chi connectivity index (χ1n) is 17.0. The number of hydrogen-bond donors (Lipinski definition) is 3. The molecular formula is C43H34N6O5. The van der Waals surface area contributed by atoms with Crippen LogP contribution in [0.3, 0.4) is 0 Å². The Balaban J connectivity index is 0.000000178. The number of aliphatic hydroxyl groups excluding tert-OH is 1. The first-order valence-corrected chi connectivity index (χ1v) is 17.0. The summed E-state index contributed by atoms with van der Waals surface area (Å²) in [6.07, 6.45) is 16.3. The van der Waals surface area contributed by atoms with Crippen LogP contribution in [-0.2, 0) is 28.2 Å². The third kappa shape index (κ3) is 6.74. The minimum absolute atomic E-state index is 0.0621. The highest BCUT2D eigenvalue weighted by Crippen LogP contribution is 2.32. The van der Waals surface area contributed by atoms with E-state index in [1.165, 1.54) is 6.33 Å². The first-order chi connectivity index (χ1) is 26.4. The van der Waals surface area contributed by atoms with E-state index < -0.39 is 18.2 Å². The predicted molar refractivity (Wildman–Crippen MR) is 204 cm³/mol. The first kappa shape index (κ1) is 35.5. The van der Waals surface area contributed by atoms with E-state index in [2.05, 4.69) is 38.5 Å². The summed E-state index contributed by atoms with van der Waals surface area (Å²) >= 11 is 0. The van der Waals surface area contributed by atoms with E-state index in [0.29, 0.717) is 29.2 Å². The second kappa shape index (κ2) is 15.4. The number of aromatic nitrogens is 4. The fourth-order valence-corrected chi connectivity index (χ4v) is 6.47. The molecule has 0 spiro atoms. The van der Waals surface area contributed by atoms with Gasteiger partial charge >= 0.3 is 5.97 Å². The molecule has 54 heavy (non-hydrogen) atoms. The number of carboxylic acids is 1. The highest BCUT2D eigenvalue weighted by atomic mass is 16.5. The van der Waals surface area contributed by atoms with Crippen molar-refractivity contribution in [2.45, 2.75) is 18.7 Å². The summed E-state index contributed by atoms with van der Waals surface area (Å²) in [5, 5.41) is 29.7. The van der Waals surface area contributed by atoms with E-state index in [-0.39, 0.29) is 25.5 Å². The van der Waals surface area contributed by atoms with Crippen LogP contribution in [0.15, 0.2) is 126 Å². The second-order valence-electron chi connectivity index (χ2n) is 12.4. The van der Waals surface area contributed by atoms with Crippen LogP contribution < -0.4 is 0 Å². The summed E-state index contributed by atoms with van der Waals surface area (Å²) < 4.78 is 8.95. The summed E-state index contributed by atoms with van der Waals surface area (Å²) in [6, 6.07) is 31.3. The number of carbonyl (C=O) groups is 1. The molecule has 0 fully saturated rings. The number of aliphatic carboxylic acids is 1. The van der Waals surface area contributed by atoms with Gasteiger partial charge < -0.3 is 29.2 Å². The lowest BCUT2D eigenvalue weighted by molar-refractivity contribution is -0.168. The number of ether oxygens (including phenoxy) is 1. The van der Waals surface area contributed by atoms with Crippen molar-refractivity contribution in [3.05, 3.63) is 166 Å². The fourth-order valence-electron chi connectivity index (χ4n) is 6.47. The van der Waals surface area contributed by atoms with Crippen molar-refractivity contribution in [3.8, 4) is 36.1 Å². The largest absolute Gasteiger partial charge is 0.479 e. The highest BCUT2D eigenvalue weighted by Gasteiger charge is 2.44. The lowest BCUT2D eigenvalue weighted by Gasteiger charge is -2.22. The van der Waals surface area contributed by atoms with Gasteiger partial charge in [0, 0.05) is 33.4 Å². The minimum atomic E-state index is -2.40. The van der Waals surface area contributed by atoms with Gasteiger partial charge in [-0.2, -0.15) is 0 Å². The van der Waals surface area contributed by atoms with Gasteiger partial charge in [0.1, 0.15) is 5.69 Å². The Kier molecular flexibility index (Phi) is 10.1. The Morgan fingerprint density at radius 1 is 0.796 bits per heavy atom. The van der Waals surface area contributed by atoms with Crippen LogP contribution in [-0.4, -0.2) is 71.6 Å². The SMILES string of the molecule is C#Cc1ccc2c(c1)C(c1ccccc1)=NCc1c(C(O)(COCCO)C(=O)O)ncn1-2.C#Cc1ccc2c(c1)C(c1ccccc1)=NCc1cncn1-2. The van der Waals surface area contributed by atoms with Crippen LogP contribution in [0.4, 0.5) is 0 Å². The highest BCUT2D eigenvalue weighted by molar-refractivity contribution is 6.16. The summed E-state index contributed by atoms with van der Waals surface area (Å²) in [7, 11) is 0. The van der Waals surface area contributed by atoms with Gasteiger partial charge in [-0.15, -0.1) is 12.8 Å². The molecule has 0 saturated heterocycles. The van der Waals surface area contributed by atoms with Gasteiger partial charge in [-0.1, -0.05) is 72.5 Å². The lowest BCUT2D eigenvalue weighted by atomic mass is 9.98. The molecule has 0 amide bonds. The summed E-state index contributed by atoms with van der Waals surface area (Å²) in [5.41, 5.74) is 7.77. The smallest absolute Gasteiger partial charge is 0.344 e. The normalized spacial score (nSPS) is 13.6. The van der Waals surface area contributed by atoms with Crippen molar-refractivity contribution in [2.24, 2.45) is 9.98 Å². The molecule has 266 valence electrons. The molecule has 4 aromatic carbocycles. The monoisotopic (exact) mass is 714 g/mol. The fraction of sp³-hybridized carbons (Fsp3) is 0.140. The molecule has 2 aromatic heterocycles. The molecule has 0 radical (unpaired) electrons. The van der Waals surface area contributed by atoms with Crippen LogP contribution in [0.2, 0.25) is 0 Å². The summed E-state index contributed by atoms with van der Waals surface area (Å²) in [4.78, 5) is 30.0.